The fraction of sp³-hybridized carbons (Fsp3) is 0.318. The van der Waals surface area contributed by atoms with Crippen molar-refractivity contribution in [1.82, 2.24) is 10.7 Å². The molecule has 8 nitrogen and oxygen atoms in total. The number of carbonyl (C=O) groups is 2. The first-order chi connectivity index (χ1) is 14.5. The second kappa shape index (κ2) is 11.5. The number of amides is 2. The highest BCUT2D eigenvalue weighted by Crippen LogP contribution is 2.27. The van der Waals surface area contributed by atoms with Crippen molar-refractivity contribution < 1.29 is 23.8 Å². The molecule has 0 fully saturated rings. The summed E-state index contributed by atoms with van der Waals surface area (Å²) in [5.74, 6) is 1.20. The van der Waals surface area contributed by atoms with Crippen molar-refractivity contribution in [2.45, 2.75) is 19.8 Å². The average Bonchev–Trinajstić information content (AvgIpc) is 2.77. The van der Waals surface area contributed by atoms with Gasteiger partial charge in [-0.3, -0.25) is 9.59 Å². The molecular formula is C22H27N3O5. The van der Waals surface area contributed by atoms with Crippen LogP contribution in [0.25, 0.3) is 0 Å². The molecule has 0 aromatic heterocycles. The number of nitrogens with zero attached hydrogens (tertiary/aromatic N) is 1. The molecule has 2 amide bonds. The summed E-state index contributed by atoms with van der Waals surface area (Å²) in [4.78, 5) is 24.3. The molecule has 2 aromatic carbocycles. The Morgan fingerprint density at radius 2 is 1.63 bits per heavy atom. The van der Waals surface area contributed by atoms with Crippen LogP contribution in [0.1, 0.15) is 29.3 Å². The van der Waals surface area contributed by atoms with Gasteiger partial charge in [-0.05, 0) is 49.2 Å². The van der Waals surface area contributed by atoms with Gasteiger partial charge < -0.3 is 19.5 Å². The van der Waals surface area contributed by atoms with Crippen molar-refractivity contribution in [3.63, 3.8) is 0 Å². The topological polar surface area (TPSA) is 98.2 Å². The van der Waals surface area contributed by atoms with Crippen molar-refractivity contribution in [1.29, 1.82) is 0 Å². The minimum Gasteiger partial charge on any atom is -0.497 e. The zero-order chi connectivity index (χ0) is 21.9. The average molecular weight is 413 g/mol. The molecule has 2 rings (SSSR count). The van der Waals surface area contributed by atoms with E-state index >= 15 is 0 Å². The molecule has 2 aromatic rings. The molecule has 0 spiro atoms. The second-order valence-electron chi connectivity index (χ2n) is 6.48. The predicted octanol–water partition coefficient (Wildman–Crippen LogP) is 2.57. The molecule has 0 radical (unpaired) electrons. The molecule has 0 saturated heterocycles. The van der Waals surface area contributed by atoms with Crippen molar-refractivity contribution >= 4 is 17.5 Å². The van der Waals surface area contributed by atoms with Crippen LogP contribution < -0.4 is 25.0 Å². The normalized spacial score (nSPS) is 10.9. The lowest BCUT2D eigenvalue weighted by Crippen LogP contribution is -2.28. The number of ether oxygens (including phenoxy) is 3. The van der Waals surface area contributed by atoms with E-state index in [1.165, 1.54) is 14.2 Å². The van der Waals surface area contributed by atoms with Gasteiger partial charge in [-0.1, -0.05) is 12.1 Å². The molecule has 0 heterocycles. The van der Waals surface area contributed by atoms with E-state index in [2.05, 4.69) is 15.8 Å². The molecule has 160 valence electrons. The third kappa shape index (κ3) is 6.80. The summed E-state index contributed by atoms with van der Waals surface area (Å²) >= 11 is 0. The van der Waals surface area contributed by atoms with Crippen molar-refractivity contribution in [3.8, 4) is 17.2 Å². The first kappa shape index (κ1) is 22.7. The predicted molar refractivity (Wildman–Crippen MR) is 114 cm³/mol. The fourth-order valence-electron chi connectivity index (χ4n) is 2.66. The first-order valence-electron chi connectivity index (χ1n) is 9.42. The fourth-order valence-corrected chi connectivity index (χ4v) is 2.66. The maximum atomic E-state index is 12.3. The molecule has 8 heteroatoms. The molecule has 0 atom stereocenters. The minimum absolute atomic E-state index is 0.0921. The van der Waals surface area contributed by atoms with E-state index in [9.17, 15) is 9.59 Å². The highest BCUT2D eigenvalue weighted by atomic mass is 16.5. The summed E-state index contributed by atoms with van der Waals surface area (Å²) in [6.45, 7) is 2.19. The quantitative estimate of drug-likeness (QED) is 0.461. The number of hydrogen-bond donors (Lipinski definition) is 2. The highest BCUT2D eigenvalue weighted by molar-refractivity contribution is 6.01. The van der Waals surface area contributed by atoms with Crippen molar-refractivity contribution in [2.24, 2.45) is 5.10 Å². The summed E-state index contributed by atoms with van der Waals surface area (Å²) in [6.07, 6.45) is 0.802. The van der Waals surface area contributed by atoms with E-state index < -0.39 is 5.91 Å². The molecule has 0 aliphatic carbocycles. The summed E-state index contributed by atoms with van der Waals surface area (Å²) < 4.78 is 15.5. The van der Waals surface area contributed by atoms with E-state index in [0.29, 0.717) is 35.7 Å². The molecule has 0 saturated carbocycles. The number of hydrogen-bond acceptors (Lipinski definition) is 6. The molecule has 30 heavy (non-hydrogen) atoms. The van der Waals surface area contributed by atoms with E-state index in [0.717, 1.165) is 11.3 Å². The lowest BCUT2D eigenvalue weighted by molar-refractivity contribution is -0.119. The number of hydrazone groups is 1. The van der Waals surface area contributed by atoms with E-state index in [1.807, 2.05) is 24.3 Å². The van der Waals surface area contributed by atoms with Crippen LogP contribution in [-0.2, 0) is 11.2 Å². The summed E-state index contributed by atoms with van der Waals surface area (Å²) in [7, 11) is 4.64. The van der Waals surface area contributed by atoms with Gasteiger partial charge in [0, 0.05) is 17.8 Å². The summed E-state index contributed by atoms with van der Waals surface area (Å²) in [5.41, 5.74) is 4.41. The smallest absolute Gasteiger partial charge is 0.271 e. The van der Waals surface area contributed by atoms with Gasteiger partial charge in [0.05, 0.1) is 27.8 Å². The number of carbonyl (C=O) groups excluding carboxylic acids is 2. The number of methoxy groups -OCH3 is 3. The highest BCUT2D eigenvalue weighted by Gasteiger charge is 2.11. The number of nitrogens with one attached hydrogen (secondary N) is 2. The maximum absolute atomic E-state index is 12.3. The first-order valence-corrected chi connectivity index (χ1v) is 9.42. The van der Waals surface area contributed by atoms with Gasteiger partial charge in [-0.15, -0.1) is 0 Å². The van der Waals surface area contributed by atoms with Crippen LogP contribution >= 0.6 is 0 Å². The largest absolute Gasteiger partial charge is 0.497 e. The molecule has 2 N–H and O–H groups in total. The van der Waals surface area contributed by atoms with Crippen LogP contribution in [0.5, 0.6) is 17.2 Å². The Balaban J connectivity index is 1.79. The molecular weight excluding hydrogens is 386 g/mol. The second-order valence-corrected chi connectivity index (χ2v) is 6.48. The van der Waals surface area contributed by atoms with Crippen LogP contribution in [-0.4, -0.2) is 45.4 Å². The molecule has 0 aliphatic heterocycles. The Labute approximate surface area is 176 Å². The molecule has 0 aliphatic rings. The number of benzene rings is 2. The van der Waals surface area contributed by atoms with Gasteiger partial charge in [0.1, 0.15) is 5.75 Å². The van der Waals surface area contributed by atoms with Crippen LogP contribution in [0.15, 0.2) is 47.6 Å². The van der Waals surface area contributed by atoms with Crippen LogP contribution in [0.4, 0.5) is 0 Å². The lowest BCUT2D eigenvalue weighted by Gasteiger charge is -2.09. The van der Waals surface area contributed by atoms with Gasteiger partial charge in [0.2, 0.25) is 5.91 Å². The maximum Gasteiger partial charge on any atom is 0.271 e. The van der Waals surface area contributed by atoms with Gasteiger partial charge in [0.15, 0.2) is 11.5 Å². The van der Waals surface area contributed by atoms with Crippen LogP contribution in [0.2, 0.25) is 0 Å². The molecule has 0 unspecified atom stereocenters. The Bertz CT molecular complexity index is 894. The zero-order valence-electron chi connectivity index (χ0n) is 17.7. The summed E-state index contributed by atoms with van der Waals surface area (Å²) in [5, 5.41) is 6.84. The third-order valence-electron chi connectivity index (χ3n) is 4.31. The van der Waals surface area contributed by atoms with Crippen molar-refractivity contribution in [2.75, 3.05) is 27.9 Å². The van der Waals surface area contributed by atoms with Crippen LogP contribution in [0.3, 0.4) is 0 Å². The van der Waals surface area contributed by atoms with Gasteiger partial charge in [-0.2, -0.15) is 5.10 Å². The van der Waals surface area contributed by atoms with E-state index in [4.69, 9.17) is 14.2 Å². The monoisotopic (exact) mass is 413 g/mol. The Kier molecular flexibility index (Phi) is 8.68. The van der Waals surface area contributed by atoms with Gasteiger partial charge in [-0.25, -0.2) is 5.43 Å². The van der Waals surface area contributed by atoms with E-state index in [-0.39, 0.29) is 12.3 Å². The Morgan fingerprint density at radius 3 is 2.27 bits per heavy atom. The standard InChI is InChI=1S/C22H27N3O5/c1-15(13-21(26)23-12-11-16-5-8-18(28-2)9-6-16)24-25-22(27)17-7-10-19(29-3)20(14-17)30-4/h5-10,14H,11-13H2,1-4H3,(H,23,26)(H,25,27)/b24-15-. The zero-order valence-corrected chi connectivity index (χ0v) is 17.7. The minimum atomic E-state index is -0.407. The summed E-state index contributed by atoms with van der Waals surface area (Å²) in [6, 6.07) is 12.5. The third-order valence-corrected chi connectivity index (χ3v) is 4.31. The Morgan fingerprint density at radius 1 is 0.933 bits per heavy atom. The number of rotatable bonds is 10. The SMILES string of the molecule is COc1ccc(CCNC(=O)C/C(C)=N\NC(=O)c2ccc(OC)c(OC)c2)cc1. The Hall–Kier alpha value is -3.55. The lowest BCUT2D eigenvalue weighted by atomic mass is 10.1. The van der Waals surface area contributed by atoms with Gasteiger partial charge in [0.25, 0.3) is 5.91 Å². The molecule has 0 bridgehead atoms. The van der Waals surface area contributed by atoms with Crippen molar-refractivity contribution in [3.05, 3.63) is 53.6 Å². The van der Waals surface area contributed by atoms with E-state index in [1.54, 1.807) is 32.2 Å². The van der Waals surface area contributed by atoms with Gasteiger partial charge >= 0.3 is 0 Å². The van der Waals surface area contributed by atoms with Crippen LogP contribution in [0, 0.1) is 0 Å².